The molecule has 0 aromatic carbocycles. The summed E-state index contributed by atoms with van der Waals surface area (Å²) in [7, 11) is -2.61. The molecule has 0 spiro atoms. The van der Waals surface area contributed by atoms with Crippen LogP contribution in [0.25, 0.3) is 0 Å². The number of carbonyl (C=O) groups is 2. The van der Waals surface area contributed by atoms with Gasteiger partial charge in [0.25, 0.3) is 15.9 Å². The molecular formula is C8H13NO6S. The van der Waals surface area contributed by atoms with Crippen LogP contribution in [0.3, 0.4) is 0 Å². The van der Waals surface area contributed by atoms with E-state index in [9.17, 15) is 18.0 Å². The number of aliphatic carboxylic acids is 1. The number of hydrogen-bond acceptors (Lipinski definition) is 5. The standard InChI is InChI=1S/C8H13NO6S/c1-8(2)7(12)9(16(8,13)14)4-5(15-3)6(10)11/h5H,4H2,1-3H3,(H,10,11). The van der Waals surface area contributed by atoms with Gasteiger partial charge in [0.15, 0.2) is 10.9 Å². The van der Waals surface area contributed by atoms with E-state index in [1.165, 1.54) is 13.8 Å². The molecule has 16 heavy (non-hydrogen) atoms. The molecule has 1 amide bonds. The first-order valence-electron chi connectivity index (χ1n) is 4.48. The molecule has 0 radical (unpaired) electrons. The quantitative estimate of drug-likeness (QED) is 0.690. The minimum absolute atomic E-state index is 0.490. The molecule has 92 valence electrons. The number of rotatable bonds is 4. The van der Waals surface area contributed by atoms with Crippen LogP contribution in [0, 0.1) is 0 Å². The van der Waals surface area contributed by atoms with Crippen molar-refractivity contribution in [1.29, 1.82) is 0 Å². The second-order valence-corrected chi connectivity index (χ2v) is 6.33. The molecule has 1 unspecified atom stereocenters. The monoisotopic (exact) mass is 251 g/mol. The molecule has 8 heteroatoms. The summed E-state index contributed by atoms with van der Waals surface area (Å²) in [5, 5.41) is 8.67. The number of methoxy groups -OCH3 is 1. The summed E-state index contributed by atoms with van der Waals surface area (Å²) in [6.07, 6.45) is -1.34. The first kappa shape index (κ1) is 12.9. The van der Waals surface area contributed by atoms with Gasteiger partial charge in [-0.25, -0.2) is 17.5 Å². The van der Waals surface area contributed by atoms with Gasteiger partial charge in [-0.15, -0.1) is 0 Å². The molecule has 1 aliphatic rings. The third-order valence-electron chi connectivity index (χ3n) is 2.57. The second-order valence-electron chi connectivity index (χ2n) is 3.91. The first-order valence-corrected chi connectivity index (χ1v) is 5.92. The van der Waals surface area contributed by atoms with Crippen LogP contribution >= 0.6 is 0 Å². The molecule has 0 aromatic heterocycles. The smallest absolute Gasteiger partial charge is 0.334 e. The second kappa shape index (κ2) is 3.70. The van der Waals surface area contributed by atoms with Crippen molar-refractivity contribution in [2.75, 3.05) is 13.7 Å². The lowest BCUT2D eigenvalue weighted by Gasteiger charge is -2.43. The SMILES string of the molecule is COC(CN1C(=O)C(C)(C)S1(=O)=O)C(=O)O. The van der Waals surface area contributed by atoms with Gasteiger partial charge in [-0.1, -0.05) is 0 Å². The van der Waals surface area contributed by atoms with E-state index in [2.05, 4.69) is 4.74 Å². The van der Waals surface area contributed by atoms with Gasteiger partial charge in [-0.05, 0) is 13.8 Å². The molecule has 7 nitrogen and oxygen atoms in total. The van der Waals surface area contributed by atoms with E-state index in [-0.39, 0.29) is 0 Å². The summed E-state index contributed by atoms with van der Waals surface area (Å²) in [4.78, 5) is 22.1. The summed E-state index contributed by atoms with van der Waals surface area (Å²) in [5.74, 6) is -1.92. The van der Waals surface area contributed by atoms with Gasteiger partial charge < -0.3 is 9.84 Å². The Morgan fingerprint density at radius 3 is 2.38 bits per heavy atom. The minimum atomic E-state index is -3.75. The maximum absolute atomic E-state index is 11.6. The van der Waals surface area contributed by atoms with E-state index in [4.69, 9.17) is 5.11 Å². The van der Waals surface area contributed by atoms with Gasteiger partial charge in [-0.3, -0.25) is 4.79 Å². The molecule has 1 aliphatic heterocycles. The van der Waals surface area contributed by atoms with Crippen LogP contribution < -0.4 is 0 Å². The third-order valence-corrected chi connectivity index (χ3v) is 4.93. The van der Waals surface area contributed by atoms with Gasteiger partial charge >= 0.3 is 5.97 Å². The maximum Gasteiger partial charge on any atom is 0.334 e. The first-order chi connectivity index (χ1) is 7.16. The molecule has 1 rings (SSSR count). The van der Waals surface area contributed by atoms with Gasteiger partial charge in [-0.2, -0.15) is 0 Å². The number of carbonyl (C=O) groups excluding carboxylic acids is 1. The van der Waals surface area contributed by atoms with Crippen molar-refractivity contribution in [1.82, 2.24) is 4.31 Å². The Balaban J connectivity index is 2.87. The predicted octanol–water partition coefficient (Wildman–Crippen LogP) is -0.963. The van der Waals surface area contributed by atoms with Crippen molar-refractivity contribution in [2.24, 2.45) is 0 Å². The molecule has 0 saturated carbocycles. The third kappa shape index (κ3) is 1.57. The molecule has 0 bridgehead atoms. The highest BCUT2D eigenvalue weighted by atomic mass is 32.2. The molecular weight excluding hydrogens is 238 g/mol. The van der Waals surface area contributed by atoms with E-state index in [1.807, 2.05) is 0 Å². The number of nitrogens with zero attached hydrogens (tertiary/aromatic N) is 1. The van der Waals surface area contributed by atoms with Crippen molar-refractivity contribution >= 4 is 21.9 Å². The minimum Gasteiger partial charge on any atom is -0.479 e. The summed E-state index contributed by atoms with van der Waals surface area (Å²) < 4.78 is 26.9. The lowest BCUT2D eigenvalue weighted by Crippen LogP contribution is -2.68. The summed E-state index contributed by atoms with van der Waals surface area (Å²) >= 11 is 0. The lowest BCUT2D eigenvalue weighted by atomic mass is 10.2. The summed E-state index contributed by atoms with van der Waals surface area (Å²) in [6.45, 7) is 2.07. The molecule has 0 aromatic rings. The number of ether oxygens (including phenoxy) is 1. The van der Waals surface area contributed by atoms with Crippen molar-refractivity contribution < 1.29 is 27.9 Å². The van der Waals surface area contributed by atoms with Gasteiger partial charge in [0, 0.05) is 7.11 Å². The average molecular weight is 251 g/mol. The van der Waals surface area contributed by atoms with Crippen molar-refractivity contribution in [3.8, 4) is 0 Å². The Bertz CT molecular complexity index is 426. The highest BCUT2D eigenvalue weighted by Gasteiger charge is 2.60. The Hall–Kier alpha value is -1.15. The maximum atomic E-state index is 11.6. The molecule has 1 saturated heterocycles. The van der Waals surface area contributed by atoms with Gasteiger partial charge in [0.1, 0.15) is 0 Å². The summed E-state index contributed by atoms with van der Waals surface area (Å²) in [6, 6.07) is 0. The van der Waals surface area contributed by atoms with E-state index in [0.717, 1.165) is 7.11 Å². The lowest BCUT2D eigenvalue weighted by molar-refractivity contribution is -0.150. The fraction of sp³-hybridized carbons (Fsp3) is 0.750. The van der Waals surface area contributed by atoms with E-state index < -0.39 is 39.3 Å². The molecule has 1 N–H and O–H groups in total. The predicted molar refractivity (Wildman–Crippen MR) is 53.1 cm³/mol. The zero-order chi connectivity index (χ0) is 12.7. The number of hydrogen-bond donors (Lipinski definition) is 1. The van der Waals surface area contributed by atoms with Crippen molar-refractivity contribution in [3.63, 3.8) is 0 Å². The molecule has 0 aliphatic carbocycles. The van der Waals surface area contributed by atoms with Crippen LogP contribution in [-0.4, -0.2) is 54.2 Å². The Kier molecular flexibility index (Phi) is 2.99. The Morgan fingerprint density at radius 2 is 2.06 bits per heavy atom. The van der Waals surface area contributed by atoms with Crippen LogP contribution in [0.15, 0.2) is 0 Å². The highest BCUT2D eigenvalue weighted by molar-refractivity contribution is 7.94. The van der Waals surface area contributed by atoms with Crippen molar-refractivity contribution in [2.45, 2.75) is 24.7 Å². The fourth-order valence-corrected chi connectivity index (χ4v) is 2.87. The van der Waals surface area contributed by atoms with E-state index in [1.54, 1.807) is 0 Å². The molecule has 1 fully saturated rings. The normalized spacial score (nSPS) is 23.7. The molecule has 1 atom stereocenters. The van der Waals surface area contributed by atoms with E-state index >= 15 is 0 Å². The number of carboxylic acid groups (broad SMARTS) is 1. The largest absolute Gasteiger partial charge is 0.479 e. The van der Waals surface area contributed by atoms with Crippen molar-refractivity contribution in [3.05, 3.63) is 0 Å². The van der Waals surface area contributed by atoms with Crippen LogP contribution in [0.1, 0.15) is 13.8 Å². The van der Waals surface area contributed by atoms with E-state index in [0.29, 0.717) is 4.31 Å². The topological polar surface area (TPSA) is 101 Å². The van der Waals surface area contributed by atoms with Crippen LogP contribution in [0.2, 0.25) is 0 Å². The fourth-order valence-electron chi connectivity index (χ4n) is 1.34. The number of carboxylic acids is 1. The molecule has 1 heterocycles. The zero-order valence-electron chi connectivity index (χ0n) is 9.13. The van der Waals surface area contributed by atoms with Crippen LogP contribution in [0.5, 0.6) is 0 Å². The van der Waals surface area contributed by atoms with Gasteiger partial charge in [0.2, 0.25) is 0 Å². The Morgan fingerprint density at radius 1 is 1.56 bits per heavy atom. The van der Waals surface area contributed by atoms with Crippen LogP contribution in [0.4, 0.5) is 0 Å². The van der Waals surface area contributed by atoms with Gasteiger partial charge in [0.05, 0.1) is 6.54 Å². The number of sulfonamides is 1. The Labute approximate surface area is 93.0 Å². The average Bonchev–Trinajstić information content (AvgIpc) is 2.17. The number of amides is 1. The zero-order valence-corrected chi connectivity index (χ0v) is 9.94. The summed E-state index contributed by atoms with van der Waals surface area (Å²) in [5.41, 5.74) is 0. The highest BCUT2D eigenvalue weighted by Crippen LogP contribution is 2.34. The van der Waals surface area contributed by atoms with Crippen LogP contribution in [-0.2, 0) is 24.3 Å².